The predicted octanol–water partition coefficient (Wildman–Crippen LogP) is 2.44. The monoisotopic (exact) mass is 218 g/mol. The van der Waals surface area contributed by atoms with Crippen LogP contribution in [-0.2, 0) is 11.3 Å². The molecule has 0 fully saturated rings. The molecule has 0 radical (unpaired) electrons. The topological polar surface area (TPSA) is 51.0 Å². The van der Waals surface area contributed by atoms with Gasteiger partial charge in [0.1, 0.15) is 6.61 Å². The second kappa shape index (κ2) is 5.80. The van der Waals surface area contributed by atoms with Crippen molar-refractivity contribution in [1.29, 1.82) is 0 Å². The average molecular weight is 218 g/mol. The number of ether oxygens (including phenoxy) is 1. The summed E-state index contributed by atoms with van der Waals surface area (Å²) in [6, 6.07) is 7.26. The number of carbonyl (C=O) groups excluding carboxylic acids is 1. The van der Waals surface area contributed by atoms with Gasteiger partial charge in [0.25, 0.3) is 0 Å². The molecule has 1 aromatic carbocycles. The number of benzene rings is 1. The van der Waals surface area contributed by atoms with Crippen LogP contribution in [0.3, 0.4) is 0 Å². The normalized spacial score (nSPS) is 11.0. The van der Waals surface area contributed by atoms with E-state index in [0.717, 1.165) is 5.56 Å². The van der Waals surface area contributed by atoms with Crippen LogP contribution >= 0.6 is 0 Å². The third kappa shape index (κ3) is 3.65. The highest BCUT2D eigenvalue weighted by molar-refractivity contribution is 5.94. The molecule has 0 atom stereocenters. The Kier molecular flexibility index (Phi) is 4.39. The molecule has 0 aliphatic rings. The van der Waals surface area contributed by atoms with Gasteiger partial charge < -0.3 is 4.74 Å². The lowest BCUT2D eigenvalue weighted by Crippen LogP contribution is -2.00. The zero-order chi connectivity index (χ0) is 12.0. The largest absolute Gasteiger partial charge is 0.475 e. The first kappa shape index (κ1) is 12.1. The van der Waals surface area contributed by atoms with E-state index in [0.29, 0.717) is 18.1 Å². The van der Waals surface area contributed by atoms with Gasteiger partial charge >= 0.3 is 0 Å². The molecule has 4 heteroatoms. The van der Waals surface area contributed by atoms with E-state index in [4.69, 9.17) is 4.74 Å². The van der Waals surface area contributed by atoms with Gasteiger partial charge in [-0.05, 0) is 12.5 Å². The summed E-state index contributed by atoms with van der Waals surface area (Å²) in [5, 5.41) is 6.99. The van der Waals surface area contributed by atoms with Crippen molar-refractivity contribution >= 4 is 18.4 Å². The molecule has 0 aliphatic heterocycles. The van der Waals surface area contributed by atoms with E-state index in [2.05, 4.69) is 16.9 Å². The number of hydrogen-bond acceptors (Lipinski definition) is 4. The molecule has 0 aliphatic carbocycles. The van der Waals surface area contributed by atoms with E-state index in [9.17, 15) is 4.79 Å². The summed E-state index contributed by atoms with van der Waals surface area (Å²) in [4.78, 5) is 11.0. The van der Waals surface area contributed by atoms with Gasteiger partial charge in [-0.25, -0.2) is 0 Å². The van der Waals surface area contributed by atoms with Gasteiger partial charge in [-0.2, -0.15) is 5.10 Å². The van der Waals surface area contributed by atoms with Crippen molar-refractivity contribution in [2.24, 2.45) is 10.2 Å². The fourth-order valence-corrected chi connectivity index (χ4v) is 1.15. The molecule has 0 amide bonds. The summed E-state index contributed by atoms with van der Waals surface area (Å²) in [5.74, 6) is 0.520. The third-order valence-corrected chi connectivity index (χ3v) is 2.02. The molecule has 4 nitrogen and oxygen atoms in total. The second-order valence-electron chi connectivity index (χ2n) is 3.30. The van der Waals surface area contributed by atoms with Crippen molar-refractivity contribution in [1.82, 2.24) is 0 Å². The molecule has 0 heterocycles. The summed E-state index contributed by atoms with van der Waals surface area (Å²) >= 11 is 0. The maximum atomic E-state index is 11.0. The Bertz CT molecular complexity index is 408. The van der Waals surface area contributed by atoms with Gasteiger partial charge in [-0.15, -0.1) is 5.10 Å². The Labute approximate surface area is 94.7 Å². The van der Waals surface area contributed by atoms with Crippen LogP contribution in [0, 0.1) is 0 Å². The minimum absolute atomic E-state index is 0.0565. The van der Waals surface area contributed by atoms with Crippen LogP contribution in [0.5, 0.6) is 0 Å². The Morgan fingerprint density at radius 3 is 2.44 bits per heavy atom. The first-order chi connectivity index (χ1) is 7.63. The fraction of sp³-hybridized carbons (Fsp3) is 0.250. The SMILES string of the molecule is C=N/N=C(/C)OCc1ccc(C(C)=O)cc1. The number of hydrogen-bond donors (Lipinski definition) is 0. The predicted molar refractivity (Wildman–Crippen MR) is 63.9 cm³/mol. The van der Waals surface area contributed by atoms with Crippen molar-refractivity contribution in [3.05, 3.63) is 35.4 Å². The standard InChI is InChI=1S/C12H14N2O2/c1-9(15)12-6-4-11(5-7-12)8-16-10(2)14-13-3/h4-7H,3,8H2,1-2H3/b14-10-. The molecular formula is C12H14N2O2. The highest BCUT2D eigenvalue weighted by Crippen LogP contribution is 2.06. The van der Waals surface area contributed by atoms with E-state index in [1.54, 1.807) is 19.1 Å². The molecule has 0 bridgehead atoms. The van der Waals surface area contributed by atoms with Crippen LogP contribution in [0.15, 0.2) is 34.5 Å². The molecule has 1 aromatic rings. The van der Waals surface area contributed by atoms with Crippen LogP contribution in [-0.4, -0.2) is 18.4 Å². The molecule has 0 unspecified atom stereocenters. The summed E-state index contributed by atoms with van der Waals surface area (Å²) in [7, 11) is 0. The Balaban J connectivity index is 2.59. The van der Waals surface area contributed by atoms with E-state index >= 15 is 0 Å². The minimum atomic E-state index is 0.0565. The second-order valence-corrected chi connectivity index (χ2v) is 3.30. The van der Waals surface area contributed by atoms with E-state index in [1.807, 2.05) is 12.1 Å². The molecule has 0 spiro atoms. The molecule has 0 N–H and O–H groups in total. The van der Waals surface area contributed by atoms with Gasteiger partial charge in [-0.3, -0.25) is 4.79 Å². The highest BCUT2D eigenvalue weighted by Gasteiger charge is 1.99. The fourth-order valence-electron chi connectivity index (χ4n) is 1.15. The smallest absolute Gasteiger partial charge is 0.205 e. The van der Waals surface area contributed by atoms with E-state index < -0.39 is 0 Å². The van der Waals surface area contributed by atoms with Gasteiger partial charge in [0.05, 0.1) is 0 Å². The lowest BCUT2D eigenvalue weighted by molar-refractivity contribution is 0.101. The van der Waals surface area contributed by atoms with Crippen molar-refractivity contribution in [3.63, 3.8) is 0 Å². The maximum Gasteiger partial charge on any atom is 0.205 e. The molecule has 84 valence electrons. The van der Waals surface area contributed by atoms with Crippen LogP contribution in [0.1, 0.15) is 29.8 Å². The number of nitrogens with zero attached hydrogens (tertiary/aromatic N) is 2. The van der Waals surface area contributed by atoms with Gasteiger partial charge in [0.2, 0.25) is 5.90 Å². The van der Waals surface area contributed by atoms with E-state index in [-0.39, 0.29) is 5.78 Å². The maximum absolute atomic E-state index is 11.0. The lowest BCUT2D eigenvalue weighted by Gasteiger charge is -2.04. The molecule has 16 heavy (non-hydrogen) atoms. The first-order valence-electron chi connectivity index (χ1n) is 4.86. The Morgan fingerprint density at radius 1 is 1.31 bits per heavy atom. The highest BCUT2D eigenvalue weighted by atomic mass is 16.5. The minimum Gasteiger partial charge on any atom is -0.475 e. The molecular weight excluding hydrogens is 204 g/mol. The molecule has 1 rings (SSSR count). The zero-order valence-electron chi connectivity index (χ0n) is 9.43. The first-order valence-corrected chi connectivity index (χ1v) is 4.86. The van der Waals surface area contributed by atoms with Crippen LogP contribution < -0.4 is 0 Å². The van der Waals surface area contributed by atoms with Crippen LogP contribution in [0.25, 0.3) is 0 Å². The lowest BCUT2D eigenvalue weighted by atomic mass is 10.1. The number of Topliss-reactive ketones (excluding diaryl/α,β-unsaturated/α-hetero) is 1. The van der Waals surface area contributed by atoms with E-state index in [1.165, 1.54) is 6.92 Å². The number of carbonyl (C=O) groups is 1. The quantitative estimate of drug-likeness (QED) is 0.337. The summed E-state index contributed by atoms with van der Waals surface area (Å²) in [5.41, 5.74) is 1.67. The van der Waals surface area contributed by atoms with Crippen LogP contribution in [0.2, 0.25) is 0 Å². The Hall–Kier alpha value is -1.97. The van der Waals surface area contributed by atoms with Crippen molar-refractivity contribution in [2.45, 2.75) is 20.5 Å². The third-order valence-electron chi connectivity index (χ3n) is 2.02. The van der Waals surface area contributed by atoms with Gasteiger partial charge in [-0.1, -0.05) is 24.3 Å². The number of ketones is 1. The van der Waals surface area contributed by atoms with Crippen molar-refractivity contribution in [2.75, 3.05) is 0 Å². The zero-order valence-corrected chi connectivity index (χ0v) is 9.43. The number of rotatable bonds is 4. The Morgan fingerprint density at radius 2 is 1.94 bits per heavy atom. The van der Waals surface area contributed by atoms with Gasteiger partial charge in [0.15, 0.2) is 5.78 Å². The molecule has 0 saturated heterocycles. The molecule has 0 saturated carbocycles. The average Bonchev–Trinajstić information content (AvgIpc) is 2.27. The van der Waals surface area contributed by atoms with Crippen LogP contribution in [0.4, 0.5) is 0 Å². The summed E-state index contributed by atoms with van der Waals surface area (Å²) in [6.45, 7) is 6.88. The summed E-state index contributed by atoms with van der Waals surface area (Å²) < 4.78 is 5.30. The summed E-state index contributed by atoms with van der Waals surface area (Å²) in [6.07, 6.45) is 0. The van der Waals surface area contributed by atoms with Gasteiger partial charge in [0, 0.05) is 19.2 Å². The van der Waals surface area contributed by atoms with Crippen molar-refractivity contribution < 1.29 is 9.53 Å². The van der Waals surface area contributed by atoms with Crippen molar-refractivity contribution in [3.8, 4) is 0 Å². The molecule has 0 aromatic heterocycles.